The predicted molar refractivity (Wildman–Crippen MR) is 87.4 cm³/mol. The number of rotatable bonds is 5. The molecule has 0 bridgehead atoms. The van der Waals surface area contributed by atoms with Crippen molar-refractivity contribution in [1.29, 1.82) is 0 Å². The molecule has 3 N–H and O–H groups in total. The van der Waals surface area contributed by atoms with E-state index in [0.29, 0.717) is 13.2 Å². The Bertz CT molecular complexity index is 792. The van der Waals surface area contributed by atoms with Crippen LogP contribution in [0.2, 0.25) is 5.02 Å². The number of alkyl halides is 3. The van der Waals surface area contributed by atoms with Crippen molar-refractivity contribution < 1.29 is 22.6 Å². The lowest BCUT2D eigenvalue weighted by Gasteiger charge is -2.14. The number of aryl methyl sites for hydroxylation is 1. The van der Waals surface area contributed by atoms with Crippen LogP contribution in [-0.2, 0) is 18.0 Å². The van der Waals surface area contributed by atoms with E-state index in [1.807, 2.05) is 0 Å². The summed E-state index contributed by atoms with van der Waals surface area (Å²) in [7, 11) is 1.35. The molecular formula is C14H16ClF3N6O2. The maximum atomic E-state index is 13.3. The molecule has 8 nitrogen and oxygen atoms in total. The van der Waals surface area contributed by atoms with Crippen LogP contribution in [0.5, 0.6) is 5.75 Å². The third-order valence-corrected chi connectivity index (χ3v) is 4.05. The summed E-state index contributed by atoms with van der Waals surface area (Å²) >= 11 is 5.75. The SMILES string of the molecule is Cn1nc(C(F)(F)F)c(OC[C@H]2CCOC2)c1Nc1ncc(Cl)c(N)n1. The van der Waals surface area contributed by atoms with Gasteiger partial charge in [0.05, 0.1) is 19.4 Å². The first-order valence-corrected chi connectivity index (χ1v) is 8.03. The van der Waals surface area contributed by atoms with Crippen LogP contribution in [0.4, 0.5) is 30.8 Å². The Kier molecular flexibility index (Phi) is 5.10. The van der Waals surface area contributed by atoms with E-state index in [-0.39, 0.29) is 35.1 Å². The average molecular weight is 393 g/mol. The molecule has 1 fully saturated rings. The number of nitrogens with one attached hydrogen (secondary N) is 1. The van der Waals surface area contributed by atoms with Crippen molar-refractivity contribution in [3.05, 3.63) is 16.9 Å². The van der Waals surface area contributed by atoms with Gasteiger partial charge < -0.3 is 20.5 Å². The van der Waals surface area contributed by atoms with Crippen LogP contribution in [0.15, 0.2) is 6.20 Å². The summed E-state index contributed by atoms with van der Waals surface area (Å²) in [6, 6.07) is 0. The highest BCUT2D eigenvalue weighted by Gasteiger charge is 2.40. The molecule has 0 aliphatic carbocycles. The summed E-state index contributed by atoms with van der Waals surface area (Å²) in [6.07, 6.45) is -2.72. The number of aromatic nitrogens is 4. The molecule has 0 amide bonds. The first-order valence-electron chi connectivity index (χ1n) is 7.65. The Morgan fingerprint density at radius 3 is 2.88 bits per heavy atom. The van der Waals surface area contributed by atoms with Crippen molar-refractivity contribution in [2.45, 2.75) is 12.6 Å². The van der Waals surface area contributed by atoms with Gasteiger partial charge in [-0.2, -0.15) is 23.3 Å². The molecule has 1 aliphatic rings. The van der Waals surface area contributed by atoms with Crippen molar-refractivity contribution >= 4 is 29.2 Å². The van der Waals surface area contributed by atoms with Gasteiger partial charge in [-0.05, 0) is 6.42 Å². The van der Waals surface area contributed by atoms with Crippen molar-refractivity contribution in [2.24, 2.45) is 13.0 Å². The molecule has 1 saturated heterocycles. The molecule has 2 aromatic heterocycles. The number of hydrogen-bond acceptors (Lipinski definition) is 7. The van der Waals surface area contributed by atoms with Crippen LogP contribution in [-0.4, -0.2) is 39.6 Å². The Morgan fingerprint density at radius 1 is 1.50 bits per heavy atom. The fourth-order valence-electron chi connectivity index (χ4n) is 2.43. The number of ether oxygens (including phenoxy) is 2. The zero-order valence-electron chi connectivity index (χ0n) is 13.7. The molecule has 142 valence electrons. The Balaban J connectivity index is 1.91. The second-order valence-electron chi connectivity index (χ2n) is 5.74. The quantitative estimate of drug-likeness (QED) is 0.806. The lowest BCUT2D eigenvalue weighted by atomic mass is 10.1. The Morgan fingerprint density at radius 2 is 2.27 bits per heavy atom. The number of nitrogen functional groups attached to an aromatic ring is 1. The number of nitrogens with two attached hydrogens (primary N) is 1. The molecule has 0 unspecified atom stereocenters. The molecule has 0 saturated carbocycles. The zero-order valence-corrected chi connectivity index (χ0v) is 14.4. The van der Waals surface area contributed by atoms with Gasteiger partial charge in [-0.3, -0.25) is 0 Å². The van der Waals surface area contributed by atoms with Crippen LogP contribution in [0.3, 0.4) is 0 Å². The largest absolute Gasteiger partial charge is 0.487 e. The van der Waals surface area contributed by atoms with E-state index >= 15 is 0 Å². The fourth-order valence-corrected chi connectivity index (χ4v) is 2.52. The lowest BCUT2D eigenvalue weighted by Crippen LogP contribution is -2.15. The van der Waals surface area contributed by atoms with Crippen molar-refractivity contribution in [3.8, 4) is 5.75 Å². The third-order valence-electron chi connectivity index (χ3n) is 3.76. The molecule has 3 heterocycles. The molecule has 0 radical (unpaired) electrons. The van der Waals surface area contributed by atoms with Gasteiger partial charge in [0, 0.05) is 19.6 Å². The number of hydrogen-bond donors (Lipinski definition) is 2. The minimum Gasteiger partial charge on any atom is -0.487 e. The molecule has 26 heavy (non-hydrogen) atoms. The number of nitrogens with zero attached hydrogens (tertiary/aromatic N) is 4. The Labute approximate surface area is 151 Å². The topological polar surface area (TPSA) is 100 Å². The maximum absolute atomic E-state index is 13.3. The highest BCUT2D eigenvalue weighted by molar-refractivity contribution is 6.32. The molecule has 1 aliphatic heterocycles. The van der Waals surface area contributed by atoms with Crippen molar-refractivity contribution in [2.75, 3.05) is 30.9 Å². The summed E-state index contributed by atoms with van der Waals surface area (Å²) in [6.45, 7) is 1.09. The van der Waals surface area contributed by atoms with Gasteiger partial charge in [-0.1, -0.05) is 11.6 Å². The molecule has 2 aromatic rings. The Hall–Kier alpha value is -2.27. The van der Waals surface area contributed by atoms with Crippen LogP contribution in [0.25, 0.3) is 0 Å². The highest BCUT2D eigenvalue weighted by Crippen LogP contribution is 2.41. The fraction of sp³-hybridized carbons (Fsp3) is 0.500. The summed E-state index contributed by atoms with van der Waals surface area (Å²) in [5, 5.41) is 6.32. The first kappa shape index (κ1) is 18.5. The smallest absolute Gasteiger partial charge is 0.438 e. The second-order valence-corrected chi connectivity index (χ2v) is 6.15. The van der Waals surface area contributed by atoms with Crippen LogP contribution >= 0.6 is 11.6 Å². The van der Waals surface area contributed by atoms with Crippen molar-refractivity contribution in [1.82, 2.24) is 19.7 Å². The molecule has 0 aromatic carbocycles. The number of halogens is 4. The second kappa shape index (κ2) is 7.16. The predicted octanol–water partition coefficient (Wildman–Crippen LogP) is 2.62. The highest BCUT2D eigenvalue weighted by atomic mass is 35.5. The third kappa shape index (κ3) is 3.93. The van der Waals surface area contributed by atoms with E-state index in [9.17, 15) is 13.2 Å². The molecule has 3 rings (SSSR count). The van der Waals surface area contributed by atoms with Gasteiger partial charge in [0.25, 0.3) is 0 Å². The average Bonchev–Trinajstić information content (AvgIpc) is 3.18. The summed E-state index contributed by atoms with van der Waals surface area (Å²) in [4.78, 5) is 7.78. The summed E-state index contributed by atoms with van der Waals surface area (Å²) in [5.74, 6) is -0.487. The number of anilines is 3. The van der Waals surface area contributed by atoms with Gasteiger partial charge in [-0.15, -0.1) is 0 Å². The van der Waals surface area contributed by atoms with E-state index in [2.05, 4.69) is 20.4 Å². The minimum absolute atomic E-state index is 0.00653. The summed E-state index contributed by atoms with van der Waals surface area (Å²) in [5.41, 5.74) is 4.46. The maximum Gasteiger partial charge on any atom is 0.438 e. The lowest BCUT2D eigenvalue weighted by molar-refractivity contribution is -0.142. The van der Waals surface area contributed by atoms with E-state index in [0.717, 1.165) is 11.1 Å². The summed E-state index contributed by atoms with van der Waals surface area (Å²) < 4.78 is 51.7. The normalized spacial score (nSPS) is 17.5. The zero-order chi connectivity index (χ0) is 18.9. The van der Waals surface area contributed by atoms with Gasteiger partial charge in [0.15, 0.2) is 11.6 Å². The standard InChI is InChI=1S/C14H16ClF3N6O2/c1-24-12(22-13-20-4-8(15)11(19)21-13)9(10(23-24)14(16,17)18)26-6-7-2-3-25-5-7/h4,7H,2-3,5-6H2,1H3,(H3,19,20,21,22)/t7-/m0/s1. The molecule has 0 spiro atoms. The van der Waals surface area contributed by atoms with Crippen LogP contribution < -0.4 is 15.8 Å². The van der Waals surface area contributed by atoms with Crippen LogP contribution in [0.1, 0.15) is 12.1 Å². The van der Waals surface area contributed by atoms with Crippen molar-refractivity contribution in [3.63, 3.8) is 0 Å². The van der Waals surface area contributed by atoms with Crippen LogP contribution in [0, 0.1) is 5.92 Å². The van der Waals surface area contributed by atoms with E-state index in [1.165, 1.54) is 13.2 Å². The van der Waals surface area contributed by atoms with E-state index in [1.54, 1.807) is 0 Å². The first-order chi connectivity index (χ1) is 12.3. The van der Waals surface area contributed by atoms with E-state index in [4.69, 9.17) is 26.8 Å². The molecule has 12 heteroatoms. The molecular weight excluding hydrogens is 377 g/mol. The monoisotopic (exact) mass is 392 g/mol. The van der Waals surface area contributed by atoms with Gasteiger partial charge in [0.1, 0.15) is 10.8 Å². The van der Waals surface area contributed by atoms with Gasteiger partial charge >= 0.3 is 6.18 Å². The van der Waals surface area contributed by atoms with Gasteiger partial charge in [0.2, 0.25) is 11.6 Å². The van der Waals surface area contributed by atoms with Gasteiger partial charge in [-0.25, -0.2) is 9.67 Å². The van der Waals surface area contributed by atoms with E-state index < -0.39 is 17.6 Å². The molecule has 1 atom stereocenters. The minimum atomic E-state index is -4.68.